The van der Waals surface area contributed by atoms with Crippen LogP contribution in [0.25, 0.3) is 0 Å². The van der Waals surface area contributed by atoms with E-state index in [1.54, 1.807) is 13.1 Å². The molecule has 108 valence electrons. The number of hydrogen-bond donors (Lipinski definition) is 1. The predicted molar refractivity (Wildman–Crippen MR) is 64.7 cm³/mol. The van der Waals surface area contributed by atoms with Gasteiger partial charge >= 0.3 is 6.18 Å². The molecule has 0 fully saturated rings. The van der Waals surface area contributed by atoms with Crippen molar-refractivity contribution in [3.8, 4) is 5.75 Å². The molecule has 0 saturated carbocycles. The molecule has 0 heterocycles. The van der Waals surface area contributed by atoms with Crippen molar-refractivity contribution in [3.05, 3.63) is 29.6 Å². The van der Waals surface area contributed by atoms with Crippen LogP contribution in [0.4, 0.5) is 17.6 Å². The Kier molecular flexibility index (Phi) is 5.60. The van der Waals surface area contributed by atoms with Crippen molar-refractivity contribution >= 4 is 0 Å². The minimum atomic E-state index is -4.17. The molecule has 0 spiro atoms. The zero-order valence-electron chi connectivity index (χ0n) is 10.9. The number of rotatable bonds is 6. The predicted octanol–water partition coefficient (Wildman–Crippen LogP) is 3.83. The van der Waals surface area contributed by atoms with E-state index in [1.165, 1.54) is 19.2 Å². The molecule has 2 nitrogen and oxygen atoms in total. The van der Waals surface area contributed by atoms with Crippen LogP contribution in [0.5, 0.6) is 5.75 Å². The van der Waals surface area contributed by atoms with Crippen LogP contribution in [0.15, 0.2) is 18.2 Å². The molecule has 0 bridgehead atoms. The van der Waals surface area contributed by atoms with Gasteiger partial charge in [0.1, 0.15) is 11.6 Å². The van der Waals surface area contributed by atoms with Crippen molar-refractivity contribution in [2.24, 2.45) is 0 Å². The fraction of sp³-hybridized carbons (Fsp3) is 0.538. The Morgan fingerprint density at radius 1 is 1.32 bits per heavy atom. The molecule has 0 aliphatic rings. The topological polar surface area (TPSA) is 21.3 Å². The van der Waals surface area contributed by atoms with Crippen molar-refractivity contribution in [1.29, 1.82) is 0 Å². The fourth-order valence-electron chi connectivity index (χ4n) is 1.88. The molecule has 0 amide bonds. The molecule has 1 rings (SSSR count). The van der Waals surface area contributed by atoms with E-state index in [4.69, 9.17) is 4.74 Å². The first-order chi connectivity index (χ1) is 8.87. The number of ether oxygens (including phenoxy) is 1. The summed E-state index contributed by atoms with van der Waals surface area (Å²) in [7, 11) is 3.02. The van der Waals surface area contributed by atoms with E-state index < -0.39 is 24.5 Å². The lowest BCUT2D eigenvalue weighted by Crippen LogP contribution is -2.18. The molecule has 1 N–H and O–H groups in total. The maximum absolute atomic E-state index is 13.8. The van der Waals surface area contributed by atoms with E-state index in [0.29, 0.717) is 11.3 Å². The molecule has 1 atom stereocenters. The van der Waals surface area contributed by atoms with Gasteiger partial charge in [0.2, 0.25) is 0 Å². The summed E-state index contributed by atoms with van der Waals surface area (Å²) in [6.07, 6.45) is -4.85. The van der Waals surface area contributed by atoms with E-state index in [0.717, 1.165) is 0 Å². The number of nitrogens with one attached hydrogen (secondary N) is 1. The normalized spacial score (nSPS) is 13.4. The summed E-state index contributed by atoms with van der Waals surface area (Å²) in [4.78, 5) is 0. The standard InChI is InChI=1S/C13H17F4NO/c1-18-12(4-3-7-13(15,16)17)10-6-5-9(19-2)8-11(10)14/h5-6,8,12,18H,3-4,7H2,1-2H3. The van der Waals surface area contributed by atoms with E-state index in [9.17, 15) is 17.6 Å². The first-order valence-electron chi connectivity index (χ1n) is 5.95. The van der Waals surface area contributed by atoms with Crippen LogP contribution in [0.3, 0.4) is 0 Å². The molecule has 0 saturated heterocycles. The van der Waals surface area contributed by atoms with E-state index in [-0.39, 0.29) is 12.8 Å². The minimum Gasteiger partial charge on any atom is -0.497 e. The van der Waals surface area contributed by atoms with Crippen LogP contribution < -0.4 is 10.1 Å². The van der Waals surface area contributed by atoms with Crippen LogP contribution in [0, 0.1) is 5.82 Å². The largest absolute Gasteiger partial charge is 0.497 e. The number of benzene rings is 1. The van der Waals surface area contributed by atoms with Gasteiger partial charge in [0.15, 0.2) is 0 Å². The molecule has 6 heteroatoms. The van der Waals surface area contributed by atoms with Gasteiger partial charge in [-0.15, -0.1) is 0 Å². The SMILES string of the molecule is CNC(CCCC(F)(F)F)c1ccc(OC)cc1F. The Balaban J connectivity index is 2.69. The fourth-order valence-corrected chi connectivity index (χ4v) is 1.88. The highest BCUT2D eigenvalue weighted by Gasteiger charge is 2.27. The average molecular weight is 279 g/mol. The number of halogens is 4. The summed E-state index contributed by atoms with van der Waals surface area (Å²) in [5, 5.41) is 2.83. The third kappa shape index (κ3) is 5.06. The maximum atomic E-state index is 13.8. The molecule has 19 heavy (non-hydrogen) atoms. The molecule has 0 radical (unpaired) electrons. The quantitative estimate of drug-likeness (QED) is 0.799. The second-order valence-corrected chi connectivity index (χ2v) is 4.24. The molecule has 1 aromatic rings. The smallest absolute Gasteiger partial charge is 0.389 e. The Bertz CT molecular complexity index is 406. The van der Waals surface area contributed by atoms with Gasteiger partial charge in [-0.1, -0.05) is 6.07 Å². The Morgan fingerprint density at radius 2 is 2.00 bits per heavy atom. The van der Waals surface area contributed by atoms with Gasteiger partial charge in [-0.2, -0.15) is 13.2 Å². The molecular weight excluding hydrogens is 262 g/mol. The lowest BCUT2D eigenvalue weighted by molar-refractivity contribution is -0.135. The summed E-state index contributed by atoms with van der Waals surface area (Å²) in [5.74, 6) is -0.0999. The van der Waals surface area contributed by atoms with Crippen LogP contribution >= 0.6 is 0 Å². The van der Waals surface area contributed by atoms with Crippen molar-refractivity contribution in [1.82, 2.24) is 5.32 Å². The number of alkyl halides is 3. The van der Waals surface area contributed by atoms with Gasteiger partial charge in [0.05, 0.1) is 7.11 Å². The van der Waals surface area contributed by atoms with Gasteiger partial charge in [0, 0.05) is 24.1 Å². The van der Waals surface area contributed by atoms with Crippen molar-refractivity contribution < 1.29 is 22.3 Å². The van der Waals surface area contributed by atoms with Crippen molar-refractivity contribution in [2.75, 3.05) is 14.2 Å². The Labute approximate surface area is 109 Å². The van der Waals surface area contributed by atoms with Crippen molar-refractivity contribution in [3.63, 3.8) is 0 Å². The van der Waals surface area contributed by atoms with Crippen molar-refractivity contribution in [2.45, 2.75) is 31.5 Å². The summed E-state index contributed by atoms with van der Waals surface area (Å²) in [5.41, 5.74) is 0.352. The summed E-state index contributed by atoms with van der Waals surface area (Å²) >= 11 is 0. The van der Waals surface area contributed by atoms with E-state index in [1.807, 2.05) is 0 Å². The maximum Gasteiger partial charge on any atom is 0.389 e. The van der Waals surface area contributed by atoms with Gasteiger partial charge in [0.25, 0.3) is 0 Å². The van der Waals surface area contributed by atoms with Gasteiger partial charge in [-0.3, -0.25) is 0 Å². The van der Waals surface area contributed by atoms with E-state index in [2.05, 4.69) is 5.32 Å². The highest BCUT2D eigenvalue weighted by atomic mass is 19.4. The first-order valence-corrected chi connectivity index (χ1v) is 5.95. The third-order valence-electron chi connectivity index (χ3n) is 2.88. The summed E-state index contributed by atoms with van der Waals surface area (Å²) < 4.78 is 54.9. The molecule has 1 unspecified atom stereocenters. The molecular formula is C13H17F4NO. The van der Waals surface area contributed by atoms with E-state index >= 15 is 0 Å². The van der Waals surface area contributed by atoms with Gasteiger partial charge in [-0.05, 0) is 26.0 Å². The zero-order valence-corrected chi connectivity index (χ0v) is 10.9. The molecule has 0 aliphatic carbocycles. The second kappa shape index (κ2) is 6.75. The van der Waals surface area contributed by atoms with Gasteiger partial charge < -0.3 is 10.1 Å². The summed E-state index contributed by atoms with van der Waals surface area (Å²) in [6.45, 7) is 0. The highest BCUT2D eigenvalue weighted by molar-refractivity contribution is 5.30. The average Bonchev–Trinajstić information content (AvgIpc) is 2.34. The monoisotopic (exact) mass is 279 g/mol. The zero-order chi connectivity index (χ0) is 14.5. The van der Waals surface area contributed by atoms with Gasteiger partial charge in [-0.25, -0.2) is 4.39 Å². The Hall–Kier alpha value is -1.30. The lowest BCUT2D eigenvalue weighted by atomic mass is 10.0. The number of methoxy groups -OCH3 is 1. The second-order valence-electron chi connectivity index (χ2n) is 4.24. The van der Waals surface area contributed by atoms with Crippen LogP contribution in [0.2, 0.25) is 0 Å². The summed E-state index contributed by atoms with van der Waals surface area (Å²) in [6, 6.07) is 3.91. The number of hydrogen-bond acceptors (Lipinski definition) is 2. The highest BCUT2D eigenvalue weighted by Crippen LogP contribution is 2.28. The van der Waals surface area contributed by atoms with Crippen LogP contribution in [-0.2, 0) is 0 Å². The van der Waals surface area contributed by atoms with Crippen LogP contribution in [-0.4, -0.2) is 20.3 Å². The minimum absolute atomic E-state index is 0.0412. The first kappa shape index (κ1) is 15.8. The third-order valence-corrected chi connectivity index (χ3v) is 2.88. The molecule has 1 aromatic carbocycles. The lowest BCUT2D eigenvalue weighted by Gasteiger charge is -2.18. The molecule has 0 aliphatic heterocycles. The van der Waals surface area contributed by atoms with Crippen LogP contribution in [0.1, 0.15) is 30.9 Å². The molecule has 0 aromatic heterocycles. The Morgan fingerprint density at radius 3 is 2.47 bits per heavy atom.